The van der Waals surface area contributed by atoms with Crippen molar-refractivity contribution in [2.75, 3.05) is 0 Å². The normalized spacial score (nSPS) is 14.7. The number of rotatable bonds is 2. The van der Waals surface area contributed by atoms with Crippen LogP contribution in [0.2, 0.25) is 0 Å². The minimum absolute atomic E-state index is 0.118. The van der Waals surface area contributed by atoms with Gasteiger partial charge in [-0.1, -0.05) is 0 Å². The first-order valence-electron chi connectivity index (χ1n) is 3.21. The smallest absolute Gasteiger partial charge is 0.216 e. The fourth-order valence-electron chi connectivity index (χ4n) is 0.622. The van der Waals surface area contributed by atoms with Crippen molar-refractivity contribution in [3.05, 3.63) is 11.1 Å². The number of nitrogens with zero attached hydrogens (tertiary/aromatic N) is 1. The van der Waals surface area contributed by atoms with E-state index in [4.69, 9.17) is 4.55 Å². The van der Waals surface area contributed by atoms with Gasteiger partial charge < -0.3 is 9.66 Å². The van der Waals surface area contributed by atoms with Gasteiger partial charge in [0.05, 0.1) is 10.5 Å². The van der Waals surface area contributed by atoms with Gasteiger partial charge in [-0.05, 0) is 13.8 Å². The highest BCUT2D eigenvalue weighted by atomic mass is 32.2. The largest absolute Gasteiger partial charge is 0.385 e. The molecule has 0 aliphatic heterocycles. The van der Waals surface area contributed by atoms with Crippen LogP contribution in [0.4, 0.5) is 0 Å². The van der Waals surface area contributed by atoms with Gasteiger partial charge in [0.2, 0.25) is 15.4 Å². The molecule has 0 radical (unpaired) electrons. The highest BCUT2D eigenvalue weighted by Crippen LogP contribution is 2.26. The molecule has 0 bridgehead atoms. The molecule has 1 heterocycles. The van der Waals surface area contributed by atoms with Crippen molar-refractivity contribution in [1.29, 1.82) is 0 Å². The van der Waals surface area contributed by atoms with Gasteiger partial charge in [-0.25, -0.2) is 9.19 Å². The summed E-state index contributed by atoms with van der Waals surface area (Å²) < 4.78 is 19.3. The molecule has 0 aromatic carbocycles. The lowest BCUT2D eigenvalue weighted by molar-refractivity contribution is 0.0823. The number of aromatic nitrogens is 1. The second kappa shape index (κ2) is 3.21. The molecule has 0 aliphatic rings. The van der Waals surface area contributed by atoms with E-state index in [1.54, 1.807) is 13.8 Å². The molecule has 12 heavy (non-hydrogen) atoms. The Morgan fingerprint density at radius 3 is 2.50 bits per heavy atom. The first-order chi connectivity index (χ1) is 5.41. The summed E-state index contributed by atoms with van der Waals surface area (Å²) in [7, 11) is 0. The summed E-state index contributed by atoms with van der Waals surface area (Å²) in [5.74, 6) is 0. The summed E-state index contributed by atoms with van der Waals surface area (Å²) in [5, 5.41) is 9.47. The Bertz CT molecular complexity index is 302. The second-order valence-electron chi connectivity index (χ2n) is 2.80. The maximum atomic E-state index is 10.5. The van der Waals surface area contributed by atoms with Crippen LogP contribution in [-0.2, 0) is 16.7 Å². The Morgan fingerprint density at radius 1 is 1.67 bits per heavy atom. The van der Waals surface area contributed by atoms with Gasteiger partial charge >= 0.3 is 0 Å². The molecule has 0 spiro atoms. The minimum Gasteiger partial charge on any atom is -0.385 e. The Hall–Kier alpha value is -0.300. The predicted molar refractivity (Wildman–Crippen MR) is 46.4 cm³/mol. The summed E-state index contributed by atoms with van der Waals surface area (Å²) in [6.45, 7) is 3.20. The number of hydrogen-bond acceptors (Lipinski definition) is 4. The van der Waals surface area contributed by atoms with E-state index in [1.807, 2.05) is 0 Å². The maximum Gasteiger partial charge on any atom is 0.216 e. The third-order valence-corrected chi connectivity index (χ3v) is 3.42. The molecule has 0 saturated carbocycles. The van der Waals surface area contributed by atoms with Crippen molar-refractivity contribution in [3.63, 3.8) is 0 Å². The van der Waals surface area contributed by atoms with E-state index in [-0.39, 0.29) is 4.34 Å². The van der Waals surface area contributed by atoms with Crippen molar-refractivity contribution >= 4 is 22.4 Å². The first kappa shape index (κ1) is 9.79. The predicted octanol–water partition coefficient (Wildman–Crippen LogP) is 0.951. The van der Waals surface area contributed by atoms with Crippen molar-refractivity contribution in [2.24, 2.45) is 0 Å². The zero-order valence-electron chi connectivity index (χ0n) is 6.64. The van der Waals surface area contributed by atoms with Crippen molar-refractivity contribution in [2.45, 2.75) is 23.8 Å². The highest BCUT2D eigenvalue weighted by Gasteiger charge is 2.20. The van der Waals surface area contributed by atoms with E-state index in [2.05, 4.69) is 4.98 Å². The molecule has 1 atom stereocenters. The van der Waals surface area contributed by atoms with E-state index in [9.17, 15) is 9.32 Å². The minimum atomic E-state index is -2.05. The molecular weight excluding hydrogens is 198 g/mol. The van der Waals surface area contributed by atoms with Gasteiger partial charge in [0, 0.05) is 6.20 Å². The molecule has 68 valence electrons. The van der Waals surface area contributed by atoms with Crippen LogP contribution in [0.25, 0.3) is 0 Å². The molecule has 0 amide bonds. The van der Waals surface area contributed by atoms with Crippen molar-refractivity contribution < 1.29 is 13.9 Å². The first-order valence-corrected chi connectivity index (χ1v) is 5.13. The van der Waals surface area contributed by atoms with Gasteiger partial charge in [-0.15, -0.1) is 11.3 Å². The molecule has 1 aromatic rings. The lowest BCUT2D eigenvalue weighted by atomic mass is 10.1. The lowest BCUT2D eigenvalue weighted by Crippen LogP contribution is -2.12. The SMILES string of the molecule is CC(C)(O)c1cnc(S(=O)O)s1. The Kier molecular flexibility index (Phi) is 2.62. The Labute approximate surface area is 76.6 Å². The molecule has 1 aromatic heterocycles. The van der Waals surface area contributed by atoms with Crippen LogP contribution in [0.1, 0.15) is 18.7 Å². The number of aliphatic hydroxyl groups is 1. The quantitative estimate of drug-likeness (QED) is 0.708. The molecule has 0 saturated heterocycles. The van der Waals surface area contributed by atoms with Crippen LogP contribution in [0.5, 0.6) is 0 Å². The molecule has 0 fully saturated rings. The van der Waals surface area contributed by atoms with Gasteiger partial charge in [0.25, 0.3) is 0 Å². The molecule has 2 N–H and O–H groups in total. The third kappa shape index (κ3) is 2.10. The van der Waals surface area contributed by atoms with Gasteiger partial charge in [0.15, 0.2) is 0 Å². The third-order valence-electron chi connectivity index (χ3n) is 1.24. The van der Waals surface area contributed by atoms with Crippen molar-refractivity contribution in [3.8, 4) is 0 Å². The average Bonchev–Trinajstić information content (AvgIpc) is 2.30. The summed E-state index contributed by atoms with van der Waals surface area (Å²) in [4.78, 5) is 4.27. The molecule has 0 aliphatic carbocycles. The average molecular weight is 207 g/mol. The standard InChI is InChI=1S/C6H9NO3S2/c1-6(2,8)4-3-7-5(11-4)12(9)10/h3,8H,1-2H3,(H,9,10). The zero-order valence-corrected chi connectivity index (χ0v) is 8.28. The van der Waals surface area contributed by atoms with Gasteiger partial charge in [-0.3, -0.25) is 0 Å². The van der Waals surface area contributed by atoms with E-state index < -0.39 is 16.7 Å². The maximum absolute atomic E-state index is 10.5. The number of thiazole rings is 1. The topological polar surface area (TPSA) is 70.4 Å². The van der Waals surface area contributed by atoms with E-state index in [0.717, 1.165) is 11.3 Å². The van der Waals surface area contributed by atoms with Crippen LogP contribution in [0, 0.1) is 0 Å². The molecule has 1 rings (SSSR count). The van der Waals surface area contributed by atoms with Gasteiger partial charge in [0.1, 0.15) is 0 Å². The Morgan fingerprint density at radius 2 is 2.25 bits per heavy atom. The lowest BCUT2D eigenvalue weighted by Gasteiger charge is -2.12. The fourth-order valence-corrected chi connectivity index (χ4v) is 1.97. The van der Waals surface area contributed by atoms with E-state index in [0.29, 0.717) is 4.88 Å². The van der Waals surface area contributed by atoms with Crippen molar-refractivity contribution in [1.82, 2.24) is 4.98 Å². The molecule has 1 unspecified atom stereocenters. The second-order valence-corrected chi connectivity index (χ2v) is 4.97. The monoisotopic (exact) mass is 207 g/mol. The van der Waals surface area contributed by atoms with Crippen LogP contribution in [0.3, 0.4) is 0 Å². The summed E-state index contributed by atoms with van der Waals surface area (Å²) in [5.41, 5.74) is -0.991. The zero-order chi connectivity index (χ0) is 9.35. The van der Waals surface area contributed by atoms with Gasteiger partial charge in [-0.2, -0.15) is 0 Å². The molecule has 6 heteroatoms. The fraction of sp³-hybridized carbons (Fsp3) is 0.500. The summed E-state index contributed by atoms with van der Waals surface area (Å²) >= 11 is -1.01. The summed E-state index contributed by atoms with van der Waals surface area (Å²) in [6, 6.07) is 0. The molecule has 4 nitrogen and oxygen atoms in total. The van der Waals surface area contributed by atoms with Crippen LogP contribution < -0.4 is 0 Å². The van der Waals surface area contributed by atoms with Crippen LogP contribution in [-0.4, -0.2) is 18.9 Å². The van der Waals surface area contributed by atoms with E-state index >= 15 is 0 Å². The Balaban J connectivity index is 3.00. The molecular formula is C6H9NO3S2. The number of hydrogen-bond donors (Lipinski definition) is 2. The van der Waals surface area contributed by atoms with Crippen LogP contribution in [0.15, 0.2) is 10.5 Å². The van der Waals surface area contributed by atoms with Crippen LogP contribution >= 0.6 is 11.3 Å². The highest BCUT2D eigenvalue weighted by molar-refractivity contribution is 7.81. The van der Waals surface area contributed by atoms with E-state index in [1.165, 1.54) is 6.20 Å². The summed E-state index contributed by atoms with van der Waals surface area (Å²) in [6.07, 6.45) is 1.41.